The Kier molecular flexibility index (Phi) is 8.14. The van der Waals surface area contributed by atoms with Gasteiger partial charge in [-0.25, -0.2) is 13.8 Å². The van der Waals surface area contributed by atoms with Crippen LogP contribution in [0, 0.1) is 18.6 Å². The lowest BCUT2D eigenvalue weighted by molar-refractivity contribution is 0.504. The van der Waals surface area contributed by atoms with E-state index in [0.29, 0.717) is 24.1 Å². The van der Waals surface area contributed by atoms with Crippen LogP contribution in [0.15, 0.2) is 23.2 Å². The van der Waals surface area contributed by atoms with Crippen LogP contribution in [0.25, 0.3) is 0 Å². The summed E-state index contributed by atoms with van der Waals surface area (Å²) in [6.45, 7) is 4.16. The number of hydrogen-bond acceptors (Lipinski definition) is 3. The first-order valence-electron chi connectivity index (χ1n) is 9.31. The molecule has 0 amide bonds. The summed E-state index contributed by atoms with van der Waals surface area (Å²) in [5.74, 6) is 0.536. The van der Waals surface area contributed by atoms with Gasteiger partial charge in [-0.05, 0) is 44.4 Å². The second-order valence-corrected chi connectivity index (χ2v) is 7.05. The van der Waals surface area contributed by atoms with Gasteiger partial charge in [0, 0.05) is 13.1 Å². The van der Waals surface area contributed by atoms with E-state index in [4.69, 9.17) is 0 Å². The molecular weight excluding hydrogens is 477 g/mol. The fourth-order valence-electron chi connectivity index (χ4n) is 3.21. The van der Waals surface area contributed by atoms with Gasteiger partial charge in [-0.1, -0.05) is 18.9 Å². The van der Waals surface area contributed by atoms with Crippen LogP contribution in [0.1, 0.15) is 55.9 Å². The number of guanidine groups is 1. The number of nitrogens with one attached hydrogen (secondary N) is 2. The molecule has 0 aliphatic heterocycles. The van der Waals surface area contributed by atoms with Crippen LogP contribution in [0.4, 0.5) is 8.78 Å². The number of aliphatic imine (C=N–C) groups is 1. The molecule has 1 heterocycles. The molecule has 0 spiro atoms. The van der Waals surface area contributed by atoms with Crippen molar-refractivity contribution in [2.45, 2.75) is 58.2 Å². The Morgan fingerprint density at radius 2 is 1.96 bits per heavy atom. The third-order valence-corrected chi connectivity index (χ3v) is 5.05. The van der Waals surface area contributed by atoms with Gasteiger partial charge in [0.15, 0.2) is 23.4 Å². The van der Waals surface area contributed by atoms with Crippen molar-refractivity contribution >= 4 is 29.9 Å². The van der Waals surface area contributed by atoms with Crippen molar-refractivity contribution in [2.24, 2.45) is 12.0 Å². The lowest BCUT2D eigenvalue weighted by atomic mass is 10.1. The fourth-order valence-corrected chi connectivity index (χ4v) is 3.21. The molecular formula is C19H27F2IN6. The fraction of sp³-hybridized carbons (Fsp3) is 0.526. The molecule has 9 heteroatoms. The molecule has 2 aromatic rings. The molecule has 3 rings (SSSR count). The Balaban J connectivity index is 0.00000280. The summed E-state index contributed by atoms with van der Waals surface area (Å²) >= 11 is 0. The minimum absolute atomic E-state index is 0. The first-order chi connectivity index (χ1) is 12.9. The third kappa shape index (κ3) is 5.62. The lowest BCUT2D eigenvalue weighted by Crippen LogP contribution is -2.43. The molecule has 2 N–H and O–H groups in total. The summed E-state index contributed by atoms with van der Waals surface area (Å²) in [4.78, 5) is 4.64. The Morgan fingerprint density at radius 1 is 1.25 bits per heavy atom. The Bertz CT molecular complexity index is 817. The van der Waals surface area contributed by atoms with Crippen LogP contribution in [0.2, 0.25) is 0 Å². The molecule has 1 fully saturated rings. The zero-order valence-corrected chi connectivity index (χ0v) is 18.7. The van der Waals surface area contributed by atoms with Crippen molar-refractivity contribution in [3.05, 3.63) is 47.0 Å². The zero-order valence-electron chi connectivity index (χ0n) is 16.4. The summed E-state index contributed by atoms with van der Waals surface area (Å²) in [5.41, 5.74) is 0.657. The monoisotopic (exact) mass is 504 g/mol. The molecule has 1 unspecified atom stereocenters. The largest absolute Gasteiger partial charge is 0.354 e. The molecule has 1 atom stereocenters. The lowest BCUT2D eigenvalue weighted by Gasteiger charge is -2.22. The highest BCUT2D eigenvalue weighted by Crippen LogP contribution is 2.19. The normalized spacial score (nSPS) is 16.0. The van der Waals surface area contributed by atoms with Crippen LogP contribution >= 0.6 is 24.0 Å². The molecule has 0 radical (unpaired) electrons. The van der Waals surface area contributed by atoms with Gasteiger partial charge in [-0.3, -0.25) is 0 Å². The van der Waals surface area contributed by atoms with E-state index in [1.54, 1.807) is 6.07 Å². The Morgan fingerprint density at radius 3 is 2.57 bits per heavy atom. The highest BCUT2D eigenvalue weighted by Gasteiger charge is 2.18. The maximum atomic E-state index is 13.6. The molecule has 28 heavy (non-hydrogen) atoms. The van der Waals surface area contributed by atoms with Crippen molar-refractivity contribution in [2.75, 3.05) is 0 Å². The minimum atomic E-state index is -0.849. The van der Waals surface area contributed by atoms with Crippen molar-refractivity contribution in [3.63, 3.8) is 0 Å². The van der Waals surface area contributed by atoms with Gasteiger partial charge < -0.3 is 15.2 Å². The van der Waals surface area contributed by atoms with E-state index in [9.17, 15) is 8.78 Å². The van der Waals surface area contributed by atoms with E-state index >= 15 is 0 Å². The third-order valence-electron chi connectivity index (χ3n) is 5.05. The molecule has 1 aromatic heterocycles. The van der Waals surface area contributed by atoms with E-state index in [1.807, 2.05) is 25.5 Å². The summed E-state index contributed by atoms with van der Waals surface area (Å²) in [6.07, 6.45) is 4.60. The first kappa shape index (κ1) is 22.5. The second kappa shape index (κ2) is 10.1. The van der Waals surface area contributed by atoms with Crippen LogP contribution < -0.4 is 10.6 Å². The van der Waals surface area contributed by atoms with E-state index < -0.39 is 11.6 Å². The molecule has 6 nitrogen and oxygen atoms in total. The first-order valence-corrected chi connectivity index (χ1v) is 9.31. The van der Waals surface area contributed by atoms with E-state index in [0.717, 1.165) is 30.6 Å². The number of hydrogen-bond donors (Lipinski definition) is 2. The zero-order chi connectivity index (χ0) is 19.4. The topological polar surface area (TPSA) is 67.1 Å². The number of rotatable bonds is 5. The van der Waals surface area contributed by atoms with Gasteiger partial charge in [-0.2, -0.15) is 0 Å². The summed E-state index contributed by atoms with van der Waals surface area (Å²) in [7, 11) is 1.90. The molecule has 0 saturated heterocycles. The molecule has 154 valence electrons. The predicted molar refractivity (Wildman–Crippen MR) is 116 cm³/mol. The molecule has 1 aliphatic carbocycles. The van der Waals surface area contributed by atoms with Crippen LogP contribution in [-0.2, 0) is 13.6 Å². The molecule has 1 saturated carbocycles. The average Bonchev–Trinajstić information content (AvgIpc) is 3.26. The standard InChI is InChI=1S/C19H26F2N6.HI/c1-12(14-8-9-16(20)17(21)10-14)23-19(24-15-6-4-5-7-15)22-11-18-26-25-13(2)27(18)3;/h8-10,12,15H,4-7,11H2,1-3H3,(H2,22,23,24);1H. The van der Waals surface area contributed by atoms with Gasteiger partial charge in [0.25, 0.3) is 0 Å². The van der Waals surface area contributed by atoms with Crippen LogP contribution in [0.3, 0.4) is 0 Å². The SMILES string of the molecule is Cc1nnc(CN=C(NC2CCCC2)NC(C)c2ccc(F)c(F)c2)n1C.I. The van der Waals surface area contributed by atoms with E-state index in [2.05, 4.69) is 25.8 Å². The number of benzene rings is 1. The quantitative estimate of drug-likeness (QED) is 0.370. The van der Waals surface area contributed by atoms with Crippen molar-refractivity contribution in [1.82, 2.24) is 25.4 Å². The maximum Gasteiger partial charge on any atom is 0.192 e. The van der Waals surface area contributed by atoms with Crippen molar-refractivity contribution < 1.29 is 8.78 Å². The van der Waals surface area contributed by atoms with E-state index in [-0.39, 0.29) is 30.0 Å². The smallest absolute Gasteiger partial charge is 0.192 e. The number of aryl methyl sites for hydroxylation is 1. The summed E-state index contributed by atoms with van der Waals surface area (Å²) < 4.78 is 28.6. The Hall–Kier alpha value is -1.78. The van der Waals surface area contributed by atoms with E-state index in [1.165, 1.54) is 18.9 Å². The Labute approximate surface area is 181 Å². The molecule has 1 aliphatic rings. The van der Waals surface area contributed by atoms with Gasteiger partial charge in [0.1, 0.15) is 12.4 Å². The van der Waals surface area contributed by atoms with Crippen LogP contribution in [-0.4, -0.2) is 26.8 Å². The number of halogens is 3. The molecule has 0 bridgehead atoms. The average molecular weight is 504 g/mol. The summed E-state index contributed by atoms with van der Waals surface area (Å²) in [5, 5.41) is 14.9. The highest BCUT2D eigenvalue weighted by atomic mass is 127. The minimum Gasteiger partial charge on any atom is -0.354 e. The predicted octanol–water partition coefficient (Wildman–Crippen LogP) is 3.76. The van der Waals surface area contributed by atoms with Gasteiger partial charge >= 0.3 is 0 Å². The number of aromatic nitrogens is 3. The highest BCUT2D eigenvalue weighted by molar-refractivity contribution is 14.0. The van der Waals surface area contributed by atoms with Gasteiger partial charge in [0.05, 0.1) is 6.04 Å². The van der Waals surface area contributed by atoms with Crippen molar-refractivity contribution in [1.29, 1.82) is 0 Å². The van der Waals surface area contributed by atoms with Crippen LogP contribution in [0.5, 0.6) is 0 Å². The number of nitrogens with zero attached hydrogens (tertiary/aromatic N) is 4. The van der Waals surface area contributed by atoms with Gasteiger partial charge in [-0.15, -0.1) is 34.2 Å². The second-order valence-electron chi connectivity index (χ2n) is 7.05. The summed E-state index contributed by atoms with van der Waals surface area (Å²) in [6, 6.07) is 4.08. The maximum absolute atomic E-state index is 13.6. The van der Waals surface area contributed by atoms with Crippen molar-refractivity contribution in [3.8, 4) is 0 Å². The van der Waals surface area contributed by atoms with Gasteiger partial charge in [0.2, 0.25) is 0 Å². The molecule has 1 aromatic carbocycles.